The molecule has 1 atom stereocenters. The highest BCUT2D eigenvalue weighted by Gasteiger charge is 2.16. The molecular formula is C14H18ClNO3. The minimum Gasteiger partial charge on any atom is -0.482 e. The van der Waals surface area contributed by atoms with Gasteiger partial charge in [0.1, 0.15) is 5.75 Å². The SMILES string of the molecule is Cc1ccc(Cl)c(OCC(=O)NC[C@H]2CCCO2)c1. The molecule has 1 saturated heterocycles. The molecule has 0 spiro atoms. The number of carbonyl (C=O) groups excluding carboxylic acids is 1. The fourth-order valence-corrected chi connectivity index (χ4v) is 2.12. The van der Waals surface area contributed by atoms with Crippen LogP contribution in [0.5, 0.6) is 5.75 Å². The first-order valence-electron chi connectivity index (χ1n) is 6.42. The highest BCUT2D eigenvalue weighted by Crippen LogP contribution is 2.25. The Morgan fingerprint density at radius 2 is 2.42 bits per heavy atom. The van der Waals surface area contributed by atoms with Crippen LogP contribution >= 0.6 is 11.6 Å². The maximum atomic E-state index is 11.6. The van der Waals surface area contributed by atoms with Crippen molar-refractivity contribution in [2.45, 2.75) is 25.9 Å². The van der Waals surface area contributed by atoms with Crippen LogP contribution in [0.1, 0.15) is 18.4 Å². The van der Waals surface area contributed by atoms with Crippen molar-refractivity contribution in [1.82, 2.24) is 5.32 Å². The maximum Gasteiger partial charge on any atom is 0.258 e. The quantitative estimate of drug-likeness (QED) is 0.902. The third kappa shape index (κ3) is 4.40. The highest BCUT2D eigenvalue weighted by atomic mass is 35.5. The van der Waals surface area contributed by atoms with Gasteiger partial charge in [0.15, 0.2) is 6.61 Å². The summed E-state index contributed by atoms with van der Waals surface area (Å²) >= 11 is 5.98. The number of ether oxygens (including phenoxy) is 2. The molecule has 0 aliphatic carbocycles. The van der Waals surface area contributed by atoms with Crippen LogP contribution in [0.4, 0.5) is 0 Å². The lowest BCUT2D eigenvalue weighted by molar-refractivity contribution is -0.123. The summed E-state index contributed by atoms with van der Waals surface area (Å²) in [7, 11) is 0. The van der Waals surface area contributed by atoms with E-state index >= 15 is 0 Å². The lowest BCUT2D eigenvalue weighted by Gasteiger charge is -2.12. The smallest absolute Gasteiger partial charge is 0.258 e. The third-order valence-corrected chi connectivity index (χ3v) is 3.31. The minimum absolute atomic E-state index is 0.0319. The Bertz CT molecular complexity index is 444. The molecule has 4 nitrogen and oxygen atoms in total. The van der Waals surface area contributed by atoms with Gasteiger partial charge in [-0.25, -0.2) is 0 Å². The average molecular weight is 284 g/mol. The van der Waals surface area contributed by atoms with Gasteiger partial charge in [0.2, 0.25) is 0 Å². The van der Waals surface area contributed by atoms with Crippen LogP contribution in [-0.2, 0) is 9.53 Å². The van der Waals surface area contributed by atoms with Crippen molar-refractivity contribution < 1.29 is 14.3 Å². The number of aryl methyl sites for hydroxylation is 1. The largest absolute Gasteiger partial charge is 0.482 e. The number of nitrogens with one attached hydrogen (secondary N) is 1. The van der Waals surface area contributed by atoms with E-state index in [4.69, 9.17) is 21.1 Å². The van der Waals surface area contributed by atoms with Crippen molar-refractivity contribution >= 4 is 17.5 Å². The minimum atomic E-state index is -0.159. The molecule has 1 aliphatic heterocycles. The van der Waals surface area contributed by atoms with Gasteiger partial charge in [-0.2, -0.15) is 0 Å². The molecule has 1 aliphatic rings. The summed E-state index contributed by atoms with van der Waals surface area (Å²) in [6.07, 6.45) is 2.22. The van der Waals surface area contributed by atoms with Crippen LogP contribution in [0.15, 0.2) is 18.2 Å². The number of benzene rings is 1. The molecule has 1 aromatic rings. The summed E-state index contributed by atoms with van der Waals surface area (Å²) in [5.41, 5.74) is 1.04. The van der Waals surface area contributed by atoms with E-state index < -0.39 is 0 Å². The number of rotatable bonds is 5. The van der Waals surface area contributed by atoms with Gasteiger partial charge in [-0.3, -0.25) is 4.79 Å². The van der Waals surface area contributed by atoms with Gasteiger partial charge in [0.25, 0.3) is 5.91 Å². The molecule has 1 N–H and O–H groups in total. The monoisotopic (exact) mass is 283 g/mol. The molecule has 1 aromatic carbocycles. The second-order valence-corrected chi connectivity index (χ2v) is 5.07. The molecule has 1 amide bonds. The topological polar surface area (TPSA) is 47.6 Å². The molecule has 2 rings (SSSR count). The summed E-state index contributed by atoms with van der Waals surface area (Å²) in [5, 5.41) is 3.31. The van der Waals surface area contributed by atoms with Crippen LogP contribution in [0.3, 0.4) is 0 Å². The molecule has 0 unspecified atom stereocenters. The van der Waals surface area contributed by atoms with Crippen molar-refractivity contribution in [3.05, 3.63) is 28.8 Å². The number of hydrogen-bond donors (Lipinski definition) is 1. The summed E-state index contributed by atoms with van der Waals surface area (Å²) in [6, 6.07) is 5.47. The number of carbonyl (C=O) groups is 1. The standard InChI is InChI=1S/C14H18ClNO3/c1-10-4-5-12(15)13(7-10)19-9-14(17)16-8-11-3-2-6-18-11/h4-5,7,11H,2-3,6,8-9H2,1H3,(H,16,17)/t11-/m1/s1. The lowest BCUT2D eigenvalue weighted by Crippen LogP contribution is -2.35. The van der Waals surface area contributed by atoms with E-state index in [1.54, 1.807) is 6.07 Å². The summed E-state index contributed by atoms with van der Waals surface area (Å²) in [5.74, 6) is 0.377. The second-order valence-electron chi connectivity index (χ2n) is 4.66. The predicted octanol–water partition coefficient (Wildman–Crippen LogP) is 2.32. The van der Waals surface area contributed by atoms with Crippen LogP contribution in [-0.4, -0.2) is 31.8 Å². The van der Waals surface area contributed by atoms with E-state index in [1.807, 2.05) is 19.1 Å². The lowest BCUT2D eigenvalue weighted by atomic mass is 10.2. The summed E-state index contributed by atoms with van der Waals surface area (Å²) in [4.78, 5) is 11.6. The van der Waals surface area contributed by atoms with Crippen molar-refractivity contribution in [3.63, 3.8) is 0 Å². The van der Waals surface area contributed by atoms with Gasteiger partial charge in [0.05, 0.1) is 11.1 Å². The zero-order chi connectivity index (χ0) is 13.7. The van der Waals surface area contributed by atoms with Crippen molar-refractivity contribution in [3.8, 4) is 5.75 Å². The van der Waals surface area contributed by atoms with Crippen molar-refractivity contribution in [2.24, 2.45) is 0 Å². The van der Waals surface area contributed by atoms with E-state index in [1.165, 1.54) is 0 Å². The molecule has 19 heavy (non-hydrogen) atoms. The van der Waals surface area contributed by atoms with E-state index in [2.05, 4.69) is 5.32 Å². The number of amides is 1. The van der Waals surface area contributed by atoms with Crippen molar-refractivity contribution in [1.29, 1.82) is 0 Å². The Kier molecular flexibility index (Phi) is 5.05. The Morgan fingerprint density at radius 1 is 1.58 bits per heavy atom. The third-order valence-electron chi connectivity index (χ3n) is 3.00. The van der Waals surface area contributed by atoms with Gasteiger partial charge in [-0.1, -0.05) is 17.7 Å². The Balaban J connectivity index is 1.74. The first-order valence-corrected chi connectivity index (χ1v) is 6.80. The van der Waals surface area contributed by atoms with Crippen LogP contribution < -0.4 is 10.1 Å². The van der Waals surface area contributed by atoms with E-state index in [0.717, 1.165) is 25.0 Å². The van der Waals surface area contributed by atoms with Crippen LogP contribution in [0.25, 0.3) is 0 Å². The second kappa shape index (κ2) is 6.78. The highest BCUT2D eigenvalue weighted by molar-refractivity contribution is 6.32. The molecule has 104 valence electrons. The van der Waals surface area contributed by atoms with Gasteiger partial charge in [0, 0.05) is 13.2 Å². The fourth-order valence-electron chi connectivity index (χ4n) is 1.95. The summed E-state index contributed by atoms with van der Waals surface area (Å²) in [6.45, 7) is 3.25. The predicted molar refractivity (Wildman–Crippen MR) is 73.7 cm³/mol. The van der Waals surface area contributed by atoms with Gasteiger partial charge >= 0.3 is 0 Å². The molecule has 0 aromatic heterocycles. The Hall–Kier alpha value is -1.26. The van der Waals surface area contributed by atoms with Gasteiger partial charge in [-0.15, -0.1) is 0 Å². The number of hydrogen-bond acceptors (Lipinski definition) is 3. The van der Waals surface area contributed by atoms with Crippen LogP contribution in [0, 0.1) is 6.92 Å². The molecule has 5 heteroatoms. The molecule has 0 radical (unpaired) electrons. The first kappa shape index (κ1) is 14.2. The number of halogens is 1. The Morgan fingerprint density at radius 3 is 3.16 bits per heavy atom. The van der Waals surface area contributed by atoms with Crippen LogP contribution in [0.2, 0.25) is 5.02 Å². The molecule has 1 fully saturated rings. The normalized spacial score (nSPS) is 18.3. The maximum absolute atomic E-state index is 11.6. The molecule has 1 heterocycles. The molecule has 0 bridgehead atoms. The van der Waals surface area contributed by atoms with Crippen molar-refractivity contribution in [2.75, 3.05) is 19.8 Å². The Labute approximate surface area is 118 Å². The molecular weight excluding hydrogens is 266 g/mol. The van der Waals surface area contributed by atoms with E-state index in [9.17, 15) is 4.79 Å². The zero-order valence-electron chi connectivity index (χ0n) is 10.9. The van der Waals surface area contributed by atoms with Gasteiger partial charge < -0.3 is 14.8 Å². The zero-order valence-corrected chi connectivity index (χ0v) is 11.7. The van der Waals surface area contributed by atoms with E-state index in [0.29, 0.717) is 17.3 Å². The molecule has 0 saturated carbocycles. The summed E-state index contributed by atoms with van der Waals surface area (Å²) < 4.78 is 10.8. The van der Waals surface area contributed by atoms with Gasteiger partial charge in [-0.05, 0) is 37.5 Å². The average Bonchev–Trinajstić information content (AvgIpc) is 2.90. The fraction of sp³-hybridized carbons (Fsp3) is 0.500. The first-order chi connectivity index (χ1) is 9.15. The van der Waals surface area contributed by atoms with E-state index in [-0.39, 0.29) is 18.6 Å².